The summed E-state index contributed by atoms with van der Waals surface area (Å²) in [6, 6.07) is 8.00. The first kappa shape index (κ1) is 17.5. The Morgan fingerprint density at radius 2 is 2.04 bits per heavy atom. The molecule has 0 spiro atoms. The summed E-state index contributed by atoms with van der Waals surface area (Å²) in [6.45, 7) is 5.91. The van der Waals surface area contributed by atoms with E-state index in [-0.39, 0.29) is 17.5 Å². The van der Waals surface area contributed by atoms with Crippen molar-refractivity contribution in [2.45, 2.75) is 38.8 Å². The molecule has 3 N–H and O–H groups in total. The topological polar surface area (TPSA) is 91.6 Å². The Bertz CT molecular complexity index is 986. The zero-order valence-electron chi connectivity index (χ0n) is 15.3. The number of benzene rings is 1. The molecule has 0 saturated heterocycles. The first-order valence-electron chi connectivity index (χ1n) is 9.15. The van der Waals surface area contributed by atoms with Gasteiger partial charge < -0.3 is 20.1 Å². The van der Waals surface area contributed by atoms with Gasteiger partial charge in [0.05, 0.1) is 11.3 Å². The van der Waals surface area contributed by atoms with Crippen LogP contribution < -0.4 is 5.32 Å². The molecule has 6 nitrogen and oxygen atoms in total. The van der Waals surface area contributed by atoms with Gasteiger partial charge in [-0.15, -0.1) is 0 Å². The maximum absolute atomic E-state index is 11.8. The lowest BCUT2D eigenvalue weighted by Crippen LogP contribution is -2.31. The number of carboxylic acids is 2. The van der Waals surface area contributed by atoms with Gasteiger partial charge in [-0.25, -0.2) is 9.59 Å². The minimum atomic E-state index is -1.26. The highest BCUT2D eigenvalue weighted by Crippen LogP contribution is 2.45. The summed E-state index contributed by atoms with van der Waals surface area (Å²) in [7, 11) is 0. The van der Waals surface area contributed by atoms with Gasteiger partial charge in [-0.3, -0.25) is 0 Å². The number of aromatic nitrogens is 1. The summed E-state index contributed by atoms with van der Waals surface area (Å²) in [5, 5.41) is 22.3. The highest BCUT2D eigenvalue weighted by molar-refractivity contribution is 6.21. The van der Waals surface area contributed by atoms with Gasteiger partial charge in [0.15, 0.2) is 0 Å². The Hall–Kier alpha value is -2.86. The number of carbonyl (C=O) groups is 2. The standard InChI is InChI=1S/C21H22N2O4/c1-11-8-13-9-17-12(2)22-6-7-23(17)20(13)19-14(11)4-3-5-15(19)16(21(26)27)10-18(24)25/h3-5,9-12,22H,6-8H2,1-2H3,(H,24,25)(H,26,27). The molecule has 2 atom stereocenters. The molecule has 0 amide bonds. The van der Waals surface area contributed by atoms with Crippen LogP contribution in [0.1, 0.15) is 48.2 Å². The van der Waals surface area contributed by atoms with Crippen LogP contribution in [0.25, 0.3) is 16.8 Å². The van der Waals surface area contributed by atoms with Crippen molar-refractivity contribution in [3.8, 4) is 11.3 Å². The van der Waals surface area contributed by atoms with Crippen LogP contribution in [-0.4, -0.2) is 33.3 Å². The van der Waals surface area contributed by atoms with Gasteiger partial charge in [0.1, 0.15) is 0 Å². The van der Waals surface area contributed by atoms with Crippen LogP contribution in [-0.2, 0) is 22.6 Å². The molecule has 1 aromatic heterocycles. The van der Waals surface area contributed by atoms with E-state index in [4.69, 9.17) is 0 Å². The number of nitrogens with one attached hydrogen (secondary N) is 1. The molecule has 0 radical (unpaired) electrons. The van der Waals surface area contributed by atoms with Crippen LogP contribution in [0.15, 0.2) is 30.3 Å². The minimum Gasteiger partial charge on any atom is -0.478 e. The minimum absolute atomic E-state index is 0.183. The second-order valence-electron chi connectivity index (χ2n) is 7.35. The molecule has 1 aliphatic carbocycles. The van der Waals surface area contributed by atoms with Crippen molar-refractivity contribution in [3.05, 3.63) is 52.7 Å². The highest BCUT2D eigenvalue weighted by Gasteiger charge is 2.32. The van der Waals surface area contributed by atoms with E-state index in [0.717, 1.165) is 42.4 Å². The first-order valence-corrected chi connectivity index (χ1v) is 9.15. The van der Waals surface area contributed by atoms with Crippen LogP contribution in [0.5, 0.6) is 0 Å². The van der Waals surface area contributed by atoms with Crippen LogP contribution in [0, 0.1) is 0 Å². The quantitative estimate of drug-likeness (QED) is 0.726. The maximum atomic E-state index is 11.8. The molecule has 4 rings (SSSR count). The summed E-state index contributed by atoms with van der Waals surface area (Å²) in [4.78, 5) is 23.1. The molecule has 140 valence electrons. The number of hydrogen-bond donors (Lipinski definition) is 3. The normalized spacial score (nSPS) is 21.2. The second-order valence-corrected chi connectivity index (χ2v) is 7.35. The number of nitrogens with zero attached hydrogens (tertiary/aromatic N) is 1. The molecule has 0 saturated carbocycles. The van der Waals surface area contributed by atoms with Crippen molar-refractivity contribution in [3.63, 3.8) is 0 Å². The van der Waals surface area contributed by atoms with Gasteiger partial charge >= 0.3 is 11.9 Å². The Morgan fingerprint density at radius 3 is 2.74 bits per heavy atom. The lowest BCUT2D eigenvalue weighted by atomic mass is 9.79. The molecule has 2 aromatic rings. The summed E-state index contributed by atoms with van der Waals surface area (Å²) >= 11 is 0. The number of carboxylic acid groups (broad SMARTS) is 2. The molecule has 6 heteroatoms. The van der Waals surface area contributed by atoms with E-state index in [9.17, 15) is 19.8 Å². The van der Waals surface area contributed by atoms with Gasteiger partial charge in [-0.2, -0.15) is 0 Å². The monoisotopic (exact) mass is 366 g/mol. The fourth-order valence-corrected chi connectivity index (χ4v) is 4.46. The largest absolute Gasteiger partial charge is 0.478 e. The third-order valence-corrected chi connectivity index (χ3v) is 5.62. The lowest BCUT2D eigenvalue weighted by Gasteiger charge is -2.29. The summed E-state index contributed by atoms with van der Waals surface area (Å²) in [5.74, 6) is -2.25. The maximum Gasteiger partial charge on any atom is 0.336 e. The van der Waals surface area contributed by atoms with Crippen molar-refractivity contribution >= 4 is 17.5 Å². The van der Waals surface area contributed by atoms with Gasteiger partial charge in [0, 0.05) is 36.5 Å². The number of hydrogen-bond acceptors (Lipinski definition) is 3. The number of aliphatic carboxylic acids is 2. The van der Waals surface area contributed by atoms with Gasteiger partial charge in [0.2, 0.25) is 0 Å². The van der Waals surface area contributed by atoms with Gasteiger partial charge in [-0.05, 0) is 42.0 Å². The molecule has 27 heavy (non-hydrogen) atoms. The first-order chi connectivity index (χ1) is 12.9. The molecule has 0 fully saturated rings. The van der Waals surface area contributed by atoms with E-state index in [1.54, 1.807) is 6.07 Å². The summed E-state index contributed by atoms with van der Waals surface area (Å²) < 4.78 is 2.27. The molecular weight excluding hydrogens is 344 g/mol. The molecule has 0 bridgehead atoms. The molecule has 1 aliphatic heterocycles. The molecular formula is C21H22N2O4. The fourth-order valence-electron chi connectivity index (χ4n) is 4.46. The summed E-state index contributed by atoms with van der Waals surface area (Å²) in [6.07, 6.45) is 1.69. The zero-order valence-corrected chi connectivity index (χ0v) is 15.3. The smallest absolute Gasteiger partial charge is 0.336 e. The third kappa shape index (κ3) is 2.77. The lowest BCUT2D eigenvalue weighted by molar-refractivity contribution is -0.133. The third-order valence-electron chi connectivity index (χ3n) is 5.62. The Kier molecular flexibility index (Phi) is 4.15. The van der Waals surface area contributed by atoms with E-state index >= 15 is 0 Å². The SMILES string of the molecule is CC1Cc2cc3n(c2-c2c(C(=CC(=O)O)C(=O)O)cccc21)CCNC3C. The van der Waals surface area contributed by atoms with Crippen molar-refractivity contribution in [1.29, 1.82) is 0 Å². The van der Waals surface area contributed by atoms with Crippen molar-refractivity contribution in [2.75, 3.05) is 6.54 Å². The highest BCUT2D eigenvalue weighted by atomic mass is 16.4. The molecule has 2 unspecified atom stereocenters. The van der Waals surface area contributed by atoms with Crippen LogP contribution >= 0.6 is 0 Å². The predicted molar refractivity (Wildman–Crippen MR) is 102 cm³/mol. The predicted octanol–water partition coefficient (Wildman–Crippen LogP) is 3.03. The number of fused-ring (bicyclic) bond motifs is 5. The Labute approximate surface area is 157 Å². The molecule has 2 aliphatic rings. The molecule has 1 aromatic carbocycles. The van der Waals surface area contributed by atoms with Crippen LogP contribution in [0.4, 0.5) is 0 Å². The van der Waals surface area contributed by atoms with E-state index in [1.165, 1.54) is 11.3 Å². The molecule has 2 heterocycles. The Morgan fingerprint density at radius 1 is 1.26 bits per heavy atom. The second kappa shape index (κ2) is 6.39. The van der Waals surface area contributed by atoms with Gasteiger partial charge in [-0.1, -0.05) is 25.1 Å². The average Bonchev–Trinajstić information content (AvgIpc) is 2.98. The summed E-state index contributed by atoms with van der Waals surface area (Å²) in [5.41, 5.74) is 5.66. The van der Waals surface area contributed by atoms with Crippen LogP contribution in [0.3, 0.4) is 0 Å². The van der Waals surface area contributed by atoms with Crippen molar-refractivity contribution in [1.82, 2.24) is 9.88 Å². The van der Waals surface area contributed by atoms with Crippen LogP contribution in [0.2, 0.25) is 0 Å². The van der Waals surface area contributed by atoms with Crippen molar-refractivity contribution in [2.24, 2.45) is 0 Å². The average molecular weight is 366 g/mol. The van der Waals surface area contributed by atoms with Crippen molar-refractivity contribution < 1.29 is 19.8 Å². The van der Waals surface area contributed by atoms with Gasteiger partial charge in [0.25, 0.3) is 0 Å². The Balaban J connectivity index is 2.03. The van der Waals surface area contributed by atoms with E-state index in [0.29, 0.717) is 5.56 Å². The zero-order chi connectivity index (χ0) is 19.3. The number of rotatable bonds is 3. The van der Waals surface area contributed by atoms with E-state index in [1.807, 2.05) is 12.1 Å². The fraction of sp³-hybridized carbons (Fsp3) is 0.333. The van der Waals surface area contributed by atoms with E-state index in [2.05, 4.69) is 29.8 Å². The van der Waals surface area contributed by atoms with E-state index < -0.39 is 11.9 Å².